The van der Waals surface area contributed by atoms with Crippen molar-refractivity contribution in [2.75, 3.05) is 5.88 Å². The van der Waals surface area contributed by atoms with Gasteiger partial charge in [-0.2, -0.15) is 0 Å². The first-order valence-corrected chi connectivity index (χ1v) is 7.10. The fourth-order valence-electron chi connectivity index (χ4n) is 2.80. The molecule has 0 spiro atoms. The second-order valence-electron chi connectivity index (χ2n) is 5.58. The second kappa shape index (κ2) is 4.54. The number of imidazole rings is 1. The molecule has 4 heteroatoms. The number of nitrogens with zero attached hydrogens (tertiary/aromatic N) is 3. The normalized spacial score (nSPS) is 17.9. The summed E-state index contributed by atoms with van der Waals surface area (Å²) in [5.41, 5.74) is 2.62. The maximum absolute atomic E-state index is 5.89. The number of alkyl halides is 1. The Morgan fingerprint density at radius 1 is 1.44 bits per heavy atom. The predicted octanol–water partition coefficient (Wildman–Crippen LogP) is 3.40. The average molecular weight is 264 g/mol. The molecular weight excluding hydrogens is 246 g/mol. The SMILES string of the molecule is CC1(Cn2c(CCCl)nc3cnccc32)CCC1. The minimum atomic E-state index is 0.442. The van der Waals surface area contributed by atoms with Gasteiger partial charge in [0.1, 0.15) is 11.3 Å². The van der Waals surface area contributed by atoms with Gasteiger partial charge in [-0.1, -0.05) is 13.3 Å². The van der Waals surface area contributed by atoms with Crippen LogP contribution < -0.4 is 0 Å². The molecule has 1 aliphatic carbocycles. The van der Waals surface area contributed by atoms with Crippen LogP contribution in [0.2, 0.25) is 0 Å². The Balaban J connectivity index is 2.03. The molecule has 18 heavy (non-hydrogen) atoms. The van der Waals surface area contributed by atoms with Crippen molar-refractivity contribution in [3.8, 4) is 0 Å². The van der Waals surface area contributed by atoms with Crippen molar-refractivity contribution in [2.45, 2.75) is 39.2 Å². The molecule has 1 saturated carbocycles. The largest absolute Gasteiger partial charge is 0.327 e. The van der Waals surface area contributed by atoms with Crippen molar-refractivity contribution in [1.29, 1.82) is 0 Å². The maximum Gasteiger partial charge on any atom is 0.111 e. The van der Waals surface area contributed by atoms with E-state index >= 15 is 0 Å². The summed E-state index contributed by atoms with van der Waals surface area (Å²) in [6, 6.07) is 2.06. The quantitative estimate of drug-likeness (QED) is 0.792. The lowest BCUT2D eigenvalue weighted by Gasteiger charge is -2.39. The number of hydrogen-bond acceptors (Lipinski definition) is 2. The number of aryl methyl sites for hydroxylation is 1. The van der Waals surface area contributed by atoms with E-state index < -0.39 is 0 Å². The van der Waals surface area contributed by atoms with Crippen LogP contribution in [-0.4, -0.2) is 20.4 Å². The first kappa shape index (κ1) is 12.0. The van der Waals surface area contributed by atoms with Crippen LogP contribution in [0.25, 0.3) is 11.0 Å². The van der Waals surface area contributed by atoms with Gasteiger partial charge in [0.25, 0.3) is 0 Å². The molecule has 2 aromatic heterocycles. The zero-order valence-electron chi connectivity index (χ0n) is 10.7. The van der Waals surface area contributed by atoms with Gasteiger partial charge in [0.05, 0.1) is 11.7 Å². The van der Waals surface area contributed by atoms with Gasteiger partial charge in [-0.15, -0.1) is 11.6 Å². The van der Waals surface area contributed by atoms with Crippen molar-refractivity contribution in [1.82, 2.24) is 14.5 Å². The zero-order valence-corrected chi connectivity index (χ0v) is 11.5. The molecule has 0 N–H and O–H groups in total. The monoisotopic (exact) mass is 263 g/mol. The molecule has 2 aromatic rings. The van der Waals surface area contributed by atoms with Gasteiger partial charge in [0.2, 0.25) is 0 Å². The summed E-state index contributed by atoms with van der Waals surface area (Å²) < 4.78 is 2.35. The fourth-order valence-corrected chi connectivity index (χ4v) is 2.97. The Morgan fingerprint density at radius 2 is 2.28 bits per heavy atom. The summed E-state index contributed by atoms with van der Waals surface area (Å²) in [5, 5.41) is 0. The first-order valence-electron chi connectivity index (χ1n) is 6.57. The molecular formula is C14H18ClN3. The number of fused-ring (bicyclic) bond motifs is 1. The van der Waals surface area contributed by atoms with E-state index in [1.54, 1.807) is 0 Å². The molecule has 0 unspecified atom stereocenters. The van der Waals surface area contributed by atoms with E-state index in [1.165, 1.54) is 24.8 Å². The van der Waals surface area contributed by atoms with Crippen LogP contribution in [0.1, 0.15) is 32.0 Å². The number of halogens is 1. The third-order valence-electron chi connectivity index (χ3n) is 4.05. The number of rotatable bonds is 4. The minimum Gasteiger partial charge on any atom is -0.327 e. The summed E-state index contributed by atoms with van der Waals surface area (Å²) in [5.74, 6) is 1.72. The molecule has 1 fully saturated rings. The van der Waals surface area contributed by atoms with Gasteiger partial charge in [0.15, 0.2) is 0 Å². The summed E-state index contributed by atoms with van der Waals surface area (Å²) in [6.45, 7) is 3.42. The molecule has 0 amide bonds. The van der Waals surface area contributed by atoms with Crippen LogP contribution in [0.4, 0.5) is 0 Å². The van der Waals surface area contributed by atoms with Crippen molar-refractivity contribution in [3.63, 3.8) is 0 Å². The van der Waals surface area contributed by atoms with Gasteiger partial charge in [-0.3, -0.25) is 4.98 Å². The van der Waals surface area contributed by atoms with E-state index in [0.29, 0.717) is 11.3 Å². The van der Waals surface area contributed by atoms with E-state index in [1.807, 2.05) is 12.4 Å². The smallest absolute Gasteiger partial charge is 0.111 e. The molecule has 96 valence electrons. The lowest BCUT2D eigenvalue weighted by Crippen LogP contribution is -2.31. The van der Waals surface area contributed by atoms with Crippen LogP contribution in [0.5, 0.6) is 0 Å². The highest BCUT2D eigenvalue weighted by molar-refractivity contribution is 6.17. The summed E-state index contributed by atoms with van der Waals surface area (Å²) in [6.07, 6.45) is 8.50. The van der Waals surface area contributed by atoms with Crippen molar-refractivity contribution < 1.29 is 0 Å². The maximum atomic E-state index is 5.89. The van der Waals surface area contributed by atoms with Gasteiger partial charge in [0, 0.05) is 25.0 Å². The lowest BCUT2D eigenvalue weighted by atomic mass is 9.70. The molecule has 0 aromatic carbocycles. The van der Waals surface area contributed by atoms with Crippen molar-refractivity contribution in [3.05, 3.63) is 24.3 Å². The molecule has 0 saturated heterocycles. The summed E-state index contributed by atoms with van der Waals surface area (Å²) in [4.78, 5) is 8.81. The number of aromatic nitrogens is 3. The molecule has 0 aliphatic heterocycles. The van der Waals surface area contributed by atoms with Crippen LogP contribution in [0.3, 0.4) is 0 Å². The Kier molecular flexibility index (Phi) is 3.02. The van der Waals surface area contributed by atoms with E-state index in [9.17, 15) is 0 Å². The first-order chi connectivity index (χ1) is 8.72. The van der Waals surface area contributed by atoms with Gasteiger partial charge in [-0.25, -0.2) is 4.98 Å². The second-order valence-corrected chi connectivity index (χ2v) is 5.96. The average Bonchev–Trinajstić information content (AvgIpc) is 2.66. The van der Waals surface area contributed by atoms with Crippen molar-refractivity contribution >= 4 is 22.6 Å². The highest BCUT2D eigenvalue weighted by atomic mass is 35.5. The number of pyridine rings is 1. The fraction of sp³-hybridized carbons (Fsp3) is 0.571. The zero-order chi connectivity index (χ0) is 12.6. The van der Waals surface area contributed by atoms with E-state index in [0.717, 1.165) is 24.3 Å². The standard InChI is InChI=1S/C14H18ClN3/c1-14(5-2-6-14)10-18-12-4-8-16-9-11(12)17-13(18)3-7-15/h4,8-9H,2-3,5-7,10H2,1H3. The molecule has 1 aliphatic rings. The third kappa shape index (κ3) is 2.01. The van der Waals surface area contributed by atoms with Crippen LogP contribution in [-0.2, 0) is 13.0 Å². The van der Waals surface area contributed by atoms with Crippen LogP contribution in [0, 0.1) is 5.41 Å². The molecule has 0 atom stereocenters. The Bertz CT molecular complexity index is 557. The van der Waals surface area contributed by atoms with Gasteiger partial charge < -0.3 is 4.57 Å². The van der Waals surface area contributed by atoms with E-state index in [4.69, 9.17) is 11.6 Å². The Labute approximate surface area is 112 Å². The van der Waals surface area contributed by atoms with E-state index in [-0.39, 0.29) is 0 Å². The predicted molar refractivity (Wildman–Crippen MR) is 73.9 cm³/mol. The topological polar surface area (TPSA) is 30.7 Å². The lowest BCUT2D eigenvalue weighted by molar-refractivity contribution is 0.132. The van der Waals surface area contributed by atoms with Crippen molar-refractivity contribution in [2.24, 2.45) is 5.41 Å². The molecule has 3 nitrogen and oxygen atoms in total. The Morgan fingerprint density at radius 3 is 2.94 bits per heavy atom. The van der Waals surface area contributed by atoms with Gasteiger partial charge in [-0.05, 0) is 24.3 Å². The highest BCUT2D eigenvalue weighted by Gasteiger charge is 2.33. The van der Waals surface area contributed by atoms with E-state index in [2.05, 4.69) is 27.5 Å². The highest BCUT2D eigenvalue weighted by Crippen LogP contribution is 2.42. The Hall–Kier alpha value is -1.09. The minimum absolute atomic E-state index is 0.442. The van der Waals surface area contributed by atoms with Gasteiger partial charge >= 0.3 is 0 Å². The third-order valence-corrected chi connectivity index (χ3v) is 4.24. The van der Waals surface area contributed by atoms with Crippen LogP contribution in [0.15, 0.2) is 18.5 Å². The number of hydrogen-bond donors (Lipinski definition) is 0. The summed E-state index contributed by atoms with van der Waals surface area (Å²) in [7, 11) is 0. The molecule has 3 rings (SSSR count). The van der Waals surface area contributed by atoms with Crippen LogP contribution >= 0.6 is 11.6 Å². The summed E-state index contributed by atoms with van der Waals surface area (Å²) >= 11 is 5.89. The molecule has 0 radical (unpaired) electrons. The molecule has 0 bridgehead atoms. The molecule has 2 heterocycles.